The fourth-order valence-corrected chi connectivity index (χ4v) is 6.48. The molecule has 142 valence electrons. The number of hydrogen-bond donors (Lipinski definition) is 0. The van der Waals surface area contributed by atoms with Gasteiger partial charge in [-0.2, -0.15) is 8.80 Å². The summed E-state index contributed by atoms with van der Waals surface area (Å²) >= 11 is 2.33. The summed E-state index contributed by atoms with van der Waals surface area (Å²) in [5.41, 5.74) is 0. The lowest BCUT2D eigenvalue weighted by Crippen LogP contribution is -2.24. The summed E-state index contributed by atoms with van der Waals surface area (Å²) in [6.45, 7) is 0. The largest absolute Gasteiger partial charge is 0.822 e. The number of aromatic nitrogens is 2. The van der Waals surface area contributed by atoms with Crippen LogP contribution in [-0.4, -0.2) is 23.1 Å². The molecule has 0 aliphatic carbocycles. The Hall–Kier alpha value is -2.14. The Balaban J connectivity index is 1.36. The van der Waals surface area contributed by atoms with Crippen LogP contribution in [-0.2, 0) is 0 Å². The molecular formula is C18H12N2O4S4. The third-order valence-corrected chi connectivity index (χ3v) is 8.28. The quantitative estimate of drug-likeness (QED) is 0.186. The zero-order chi connectivity index (χ0) is 19.7. The normalized spacial score (nSPS) is 11.3. The Kier molecular flexibility index (Phi) is 5.54. The first kappa shape index (κ1) is 19.2. The van der Waals surface area contributed by atoms with Crippen molar-refractivity contribution in [2.24, 2.45) is 0 Å². The van der Waals surface area contributed by atoms with Gasteiger partial charge < -0.3 is 10.2 Å². The van der Waals surface area contributed by atoms with Gasteiger partial charge in [-0.25, -0.2) is 0 Å². The molecule has 0 amide bonds. The molecule has 0 unspecified atom stereocenters. The maximum Gasteiger partial charge on any atom is 0.267 e. The average molecular weight is 449 g/mol. The first-order valence-electron chi connectivity index (χ1n) is 8.07. The highest BCUT2D eigenvalue weighted by atomic mass is 33.1. The Morgan fingerprint density at radius 3 is 1.61 bits per heavy atom. The number of carbonyl (C=O) groups excluding carboxylic acids is 2. The zero-order valence-corrected chi connectivity index (χ0v) is 17.5. The van der Waals surface area contributed by atoms with Gasteiger partial charge in [-0.05, 0) is 12.1 Å². The second-order valence-corrected chi connectivity index (χ2v) is 10.2. The van der Waals surface area contributed by atoms with Crippen molar-refractivity contribution in [3.8, 4) is 11.8 Å². The van der Waals surface area contributed by atoms with E-state index in [1.54, 1.807) is 36.7 Å². The van der Waals surface area contributed by atoms with Gasteiger partial charge in [-0.1, -0.05) is 44.3 Å². The van der Waals surface area contributed by atoms with Crippen LogP contribution in [0, 0.1) is 0 Å². The maximum absolute atomic E-state index is 12.3. The van der Waals surface area contributed by atoms with Crippen molar-refractivity contribution in [3.63, 3.8) is 0 Å². The third kappa shape index (κ3) is 3.60. The van der Waals surface area contributed by atoms with Gasteiger partial charge in [0, 0.05) is 24.3 Å². The summed E-state index contributed by atoms with van der Waals surface area (Å²) in [6, 6.07) is 10.7. The minimum atomic E-state index is -0.314. The van der Waals surface area contributed by atoms with Crippen LogP contribution in [0.15, 0.2) is 48.8 Å². The van der Waals surface area contributed by atoms with Crippen molar-refractivity contribution in [1.29, 1.82) is 0 Å². The summed E-state index contributed by atoms with van der Waals surface area (Å²) in [5.74, 6) is -0.968. The summed E-state index contributed by atoms with van der Waals surface area (Å²) in [5, 5.41) is 24.5. The van der Waals surface area contributed by atoms with Crippen LogP contribution in [0.4, 0.5) is 0 Å². The summed E-state index contributed by atoms with van der Waals surface area (Å²) in [6.07, 6.45) is 3.27. The third-order valence-electron chi connectivity index (χ3n) is 3.85. The van der Waals surface area contributed by atoms with Gasteiger partial charge in [0.1, 0.15) is 9.75 Å². The van der Waals surface area contributed by atoms with E-state index >= 15 is 0 Å². The molecule has 10 heteroatoms. The standard InChI is InChI=1S/C18H12N2O4S4/c21-11(15-17(23)19-7-3-1-5-13(19)27-15)9-25-26-10-12(22)16-18(24)20-8-4-2-6-14(20)28-16/h1-8H,9-10H2. The number of hydrogen-bond acceptors (Lipinski definition) is 8. The molecule has 4 heterocycles. The van der Waals surface area contributed by atoms with Gasteiger partial charge in [-0.3, -0.25) is 9.59 Å². The highest BCUT2D eigenvalue weighted by Crippen LogP contribution is 2.29. The van der Waals surface area contributed by atoms with Crippen molar-refractivity contribution in [2.75, 3.05) is 11.5 Å². The van der Waals surface area contributed by atoms with E-state index in [0.717, 1.165) is 0 Å². The highest BCUT2D eigenvalue weighted by Gasteiger charge is 2.21. The first-order chi connectivity index (χ1) is 13.6. The maximum atomic E-state index is 12.3. The fourth-order valence-electron chi connectivity index (χ4n) is 2.55. The molecule has 28 heavy (non-hydrogen) atoms. The Morgan fingerprint density at radius 2 is 1.21 bits per heavy atom. The minimum Gasteiger partial charge on any atom is -0.822 e. The number of thiazole rings is 2. The van der Waals surface area contributed by atoms with Crippen molar-refractivity contribution in [1.82, 2.24) is 0 Å². The van der Waals surface area contributed by atoms with Crippen LogP contribution in [0.25, 0.3) is 9.66 Å². The Bertz CT molecular complexity index is 1110. The van der Waals surface area contributed by atoms with Crippen molar-refractivity contribution in [2.45, 2.75) is 0 Å². The van der Waals surface area contributed by atoms with Crippen molar-refractivity contribution < 1.29 is 28.6 Å². The SMILES string of the molecule is O=C(CSSCC(=O)c1sc2cccc[n+]2c1[O-])c1sc2cccc[n+]2c1[O-]. The number of fused-ring (bicyclic) bond motifs is 2. The molecule has 0 bridgehead atoms. The van der Waals surface area contributed by atoms with Crippen LogP contribution in [0.2, 0.25) is 0 Å². The number of pyridine rings is 2. The average Bonchev–Trinajstić information content (AvgIpc) is 3.23. The predicted octanol–water partition coefficient (Wildman–Crippen LogP) is 1.88. The second kappa shape index (κ2) is 8.08. The number of carbonyl (C=O) groups is 2. The van der Waals surface area contributed by atoms with Gasteiger partial charge in [0.25, 0.3) is 9.66 Å². The molecule has 0 saturated carbocycles. The number of nitrogens with zero attached hydrogens (tertiary/aromatic N) is 2. The van der Waals surface area contributed by atoms with E-state index in [4.69, 9.17) is 0 Å². The number of ketones is 2. The lowest BCUT2D eigenvalue weighted by Gasteiger charge is -2.02. The molecule has 0 spiro atoms. The van der Waals surface area contributed by atoms with Crippen LogP contribution in [0.1, 0.15) is 19.3 Å². The second-order valence-electron chi connectivity index (χ2n) is 5.66. The van der Waals surface area contributed by atoms with Crippen LogP contribution < -0.4 is 19.0 Å². The molecule has 0 aliphatic rings. The van der Waals surface area contributed by atoms with E-state index in [0.29, 0.717) is 9.66 Å². The van der Waals surface area contributed by atoms with E-state index in [1.165, 1.54) is 53.1 Å². The van der Waals surface area contributed by atoms with Gasteiger partial charge in [0.15, 0.2) is 35.7 Å². The molecule has 0 atom stereocenters. The van der Waals surface area contributed by atoms with E-state index < -0.39 is 0 Å². The van der Waals surface area contributed by atoms with E-state index in [9.17, 15) is 19.8 Å². The highest BCUT2D eigenvalue weighted by molar-refractivity contribution is 8.77. The van der Waals surface area contributed by atoms with Gasteiger partial charge in [-0.15, -0.1) is 0 Å². The molecule has 0 N–H and O–H groups in total. The van der Waals surface area contributed by atoms with Crippen molar-refractivity contribution >= 4 is 65.5 Å². The smallest absolute Gasteiger partial charge is 0.267 e. The topological polar surface area (TPSA) is 88.5 Å². The van der Waals surface area contributed by atoms with Gasteiger partial charge >= 0.3 is 0 Å². The van der Waals surface area contributed by atoms with E-state index in [2.05, 4.69) is 0 Å². The Morgan fingerprint density at radius 1 is 0.786 bits per heavy atom. The lowest BCUT2D eigenvalue weighted by atomic mass is 10.4. The van der Waals surface area contributed by atoms with Crippen LogP contribution in [0.5, 0.6) is 11.8 Å². The fraction of sp³-hybridized carbons (Fsp3) is 0.111. The lowest BCUT2D eigenvalue weighted by molar-refractivity contribution is -0.581. The van der Waals surface area contributed by atoms with Gasteiger partial charge in [0.05, 0.1) is 11.5 Å². The van der Waals surface area contributed by atoms with Crippen LogP contribution in [0.3, 0.4) is 0 Å². The molecule has 0 aromatic carbocycles. The molecule has 6 nitrogen and oxygen atoms in total. The molecular weight excluding hydrogens is 436 g/mol. The van der Waals surface area contributed by atoms with Crippen molar-refractivity contribution in [3.05, 3.63) is 58.5 Å². The molecule has 0 saturated heterocycles. The summed E-state index contributed by atoms with van der Waals surface area (Å²) < 4.78 is 2.91. The van der Waals surface area contributed by atoms with E-state index in [1.807, 2.05) is 12.1 Å². The molecule has 4 aromatic rings. The minimum absolute atomic E-state index is 0.0893. The Labute approximate surface area is 175 Å². The number of Topliss-reactive ketones (excluding diaryl/α,β-unsaturated/α-hetero) is 2. The monoisotopic (exact) mass is 448 g/mol. The molecule has 0 fully saturated rings. The predicted molar refractivity (Wildman–Crippen MR) is 107 cm³/mol. The molecule has 0 radical (unpaired) electrons. The molecule has 4 rings (SSSR count). The van der Waals surface area contributed by atoms with E-state index in [-0.39, 0.29) is 44.6 Å². The zero-order valence-electron chi connectivity index (χ0n) is 14.2. The first-order valence-corrected chi connectivity index (χ1v) is 12.2. The van der Waals surface area contributed by atoms with Gasteiger partial charge in [0.2, 0.25) is 0 Å². The summed E-state index contributed by atoms with van der Waals surface area (Å²) in [4.78, 5) is 26.5. The number of rotatable bonds is 7. The molecule has 0 aliphatic heterocycles. The summed E-state index contributed by atoms with van der Waals surface area (Å²) in [7, 11) is 2.42. The van der Waals surface area contributed by atoms with Crippen LogP contribution >= 0.6 is 44.3 Å². The molecule has 4 aromatic heterocycles.